The maximum Gasteiger partial charge on any atom is 0.198 e. The summed E-state index contributed by atoms with van der Waals surface area (Å²) >= 11 is 0. The number of aryl methyl sites for hydroxylation is 2. The molecule has 0 aliphatic heterocycles. The molecule has 5 heteroatoms. The first kappa shape index (κ1) is 17.1. The van der Waals surface area contributed by atoms with Gasteiger partial charge in [-0.25, -0.2) is 4.99 Å². The largest absolute Gasteiger partial charge is 0.494 e. The Kier molecular flexibility index (Phi) is 4.28. The predicted octanol–water partition coefficient (Wildman–Crippen LogP) is 4.86. The Morgan fingerprint density at radius 3 is 2.78 bits per heavy atom. The molecular formula is C22H22N4O. The summed E-state index contributed by atoms with van der Waals surface area (Å²) in [5, 5.41) is 18.4. The molecule has 4 rings (SSSR count). The van der Waals surface area contributed by atoms with Crippen molar-refractivity contribution in [2.24, 2.45) is 4.99 Å². The SMILES string of the molecule is Cc1cc(C)c(C)c(Cc2cc(N=Cc3c(O)[nH]c4ccccc34)n[nH]2)c1. The van der Waals surface area contributed by atoms with Gasteiger partial charge in [0.15, 0.2) is 11.7 Å². The number of aromatic amines is 2. The number of H-pyrrole nitrogens is 2. The zero-order valence-electron chi connectivity index (χ0n) is 15.7. The topological polar surface area (TPSA) is 77.1 Å². The molecule has 0 saturated carbocycles. The minimum atomic E-state index is 0.113. The molecule has 5 nitrogen and oxygen atoms in total. The Balaban J connectivity index is 1.58. The predicted molar refractivity (Wildman–Crippen MR) is 109 cm³/mol. The third-order valence-corrected chi connectivity index (χ3v) is 4.97. The molecule has 0 spiro atoms. The van der Waals surface area contributed by atoms with Crippen LogP contribution >= 0.6 is 0 Å². The van der Waals surface area contributed by atoms with E-state index < -0.39 is 0 Å². The highest BCUT2D eigenvalue weighted by Gasteiger charge is 2.09. The number of aromatic hydroxyl groups is 1. The quantitative estimate of drug-likeness (QED) is 0.455. The molecule has 0 aliphatic rings. The van der Waals surface area contributed by atoms with Crippen LogP contribution in [-0.2, 0) is 6.42 Å². The minimum absolute atomic E-state index is 0.113. The Morgan fingerprint density at radius 1 is 1.11 bits per heavy atom. The number of aliphatic imine (C=N–C) groups is 1. The van der Waals surface area contributed by atoms with Crippen LogP contribution in [0.5, 0.6) is 5.88 Å². The lowest BCUT2D eigenvalue weighted by Gasteiger charge is -2.09. The average Bonchev–Trinajstić information content (AvgIpc) is 3.20. The second kappa shape index (κ2) is 6.76. The maximum atomic E-state index is 10.1. The monoisotopic (exact) mass is 358 g/mol. The van der Waals surface area contributed by atoms with Gasteiger partial charge in [-0.15, -0.1) is 0 Å². The first-order valence-corrected chi connectivity index (χ1v) is 8.96. The van der Waals surface area contributed by atoms with E-state index in [1.54, 1.807) is 6.21 Å². The van der Waals surface area contributed by atoms with Crippen molar-refractivity contribution < 1.29 is 5.11 Å². The van der Waals surface area contributed by atoms with E-state index in [4.69, 9.17) is 0 Å². The number of nitrogens with one attached hydrogen (secondary N) is 2. The number of aromatic nitrogens is 3. The van der Waals surface area contributed by atoms with E-state index in [1.165, 1.54) is 22.3 Å². The molecule has 0 atom stereocenters. The molecule has 0 unspecified atom stereocenters. The maximum absolute atomic E-state index is 10.1. The van der Waals surface area contributed by atoms with Crippen molar-refractivity contribution in [3.05, 3.63) is 76.0 Å². The first-order chi connectivity index (χ1) is 13.0. The Bertz CT molecular complexity index is 1150. The fourth-order valence-electron chi connectivity index (χ4n) is 3.43. The molecule has 27 heavy (non-hydrogen) atoms. The highest BCUT2D eigenvalue weighted by atomic mass is 16.3. The van der Waals surface area contributed by atoms with E-state index >= 15 is 0 Å². The van der Waals surface area contributed by atoms with Gasteiger partial charge in [0.25, 0.3) is 0 Å². The molecule has 0 fully saturated rings. The molecule has 136 valence electrons. The summed E-state index contributed by atoms with van der Waals surface area (Å²) in [7, 11) is 0. The molecule has 0 bridgehead atoms. The van der Waals surface area contributed by atoms with E-state index in [9.17, 15) is 5.11 Å². The van der Waals surface area contributed by atoms with Crippen molar-refractivity contribution in [2.45, 2.75) is 27.2 Å². The number of rotatable bonds is 4. The van der Waals surface area contributed by atoms with Crippen LogP contribution in [0.3, 0.4) is 0 Å². The Hall–Kier alpha value is -3.34. The summed E-state index contributed by atoms with van der Waals surface area (Å²) in [5.41, 5.74) is 7.73. The van der Waals surface area contributed by atoms with Gasteiger partial charge in [0, 0.05) is 35.3 Å². The van der Waals surface area contributed by atoms with Crippen LogP contribution in [0.2, 0.25) is 0 Å². The van der Waals surface area contributed by atoms with Crippen molar-refractivity contribution in [1.82, 2.24) is 15.2 Å². The van der Waals surface area contributed by atoms with E-state index in [0.29, 0.717) is 11.4 Å². The molecule has 0 aliphatic carbocycles. The average molecular weight is 358 g/mol. The highest BCUT2D eigenvalue weighted by Crippen LogP contribution is 2.26. The number of fused-ring (bicyclic) bond motifs is 1. The van der Waals surface area contributed by atoms with Gasteiger partial charge in [-0.2, -0.15) is 5.10 Å². The zero-order valence-corrected chi connectivity index (χ0v) is 15.7. The molecule has 4 aromatic rings. The van der Waals surface area contributed by atoms with E-state index in [0.717, 1.165) is 23.0 Å². The normalized spacial score (nSPS) is 11.7. The van der Waals surface area contributed by atoms with Crippen LogP contribution in [0.1, 0.15) is 33.5 Å². The lowest BCUT2D eigenvalue weighted by atomic mass is 9.97. The van der Waals surface area contributed by atoms with Crippen LogP contribution < -0.4 is 0 Å². The van der Waals surface area contributed by atoms with Gasteiger partial charge in [0.1, 0.15) is 0 Å². The Morgan fingerprint density at radius 2 is 1.93 bits per heavy atom. The second-order valence-corrected chi connectivity index (χ2v) is 6.99. The fourth-order valence-corrected chi connectivity index (χ4v) is 3.43. The summed E-state index contributed by atoms with van der Waals surface area (Å²) in [4.78, 5) is 7.39. The lowest BCUT2D eigenvalue weighted by molar-refractivity contribution is 0.457. The lowest BCUT2D eigenvalue weighted by Crippen LogP contribution is -1.96. The molecule has 2 aromatic heterocycles. The van der Waals surface area contributed by atoms with Crippen LogP contribution in [0.4, 0.5) is 5.82 Å². The number of benzene rings is 2. The minimum Gasteiger partial charge on any atom is -0.494 e. The molecule has 0 saturated heterocycles. The van der Waals surface area contributed by atoms with Gasteiger partial charge in [0.2, 0.25) is 0 Å². The molecule has 2 heterocycles. The smallest absolute Gasteiger partial charge is 0.198 e. The molecule has 3 N–H and O–H groups in total. The van der Waals surface area contributed by atoms with Crippen LogP contribution in [0, 0.1) is 20.8 Å². The van der Waals surface area contributed by atoms with Crippen molar-refractivity contribution in [3.8, 4) is 5.88 Å². The standard InChI is InChI=1S/C22H22N4O/c1-13-8-14(2)15(3)16(9-13)10-17-11-21(26-25-17)23-12-19-18-6-4-5-7-20(18)24-22(19)27/h4-9,11-12,24,27H,10H2,1-3H3,(H,25,26). The van der Waals surface area contributed by atoms with Gasteiger partial charge in [-0.05, 0) is 43.5 Å². The zero-order chi connectivity index (χ0) is 19.0. The van der Waals surface area contributed by atoms with Crippen molar-refractivity contribution >= 4 is 22.9 Å². The van der Waals surface area contributed by atoms with Gasteiger partial charge >= 0.3 is 0 Å². The van der Waals surface area contributed by atoms with Crippen LogP contribution in [0.25, 0.3) is 10.9 Å². The summed E-state index contributed by atoms with van der Waals surface area (Å²) < 4.78 is 0. The third-order valence-electron chi connectivity index (χ3n) is 4.97. The Labute approximate surface area is 157 Å². The number of para-hydroxylation sites is 1. The first-order valence-electron chi connectivity index (χ1n) is 8.96. The number of nitrogens with zero attached hydrogens (tertiary/aromatic N) is 2. The van der Waals surface area contributed by atoms with Crippen molar-refractivity contribution in [1.29, 1.82) is 0 Å². The summed E-state index contributed by atoms with van der Waals surface area (Å²) in [6.45, 7) is 6.41. The molecule has 0 radical (unpaired) electrons. The fraction of sp³-hybridized carbons (Fsp3) is 0.182. The van der Waals surface area contributed by atoms with E-state index in [-0.39, 0.29) is 5.88 Å². The third kappa shape index (κ3) is 3.36. The number of hydrogen-bond donors (Lipinski definition) is 3. The molecule has 0 amide bonds. The van der Waals surface area contributed by atoms with Gasteiger partial charge in [0.05, 0.1) is 5.56 Å². The summed E-state index contributed by atoms with van der Waals surface area (Å²) in [5.74, 6) is 0.707. The number of hydrogen-bond acceptors (Lipinski definition) is 3. The second-order valence-electron chi connectivity index (χ2n) is 6.99. The summed E-state index contributed by atoms with van der Waals surface area (Å²) in [6.07, 6.45) is 2.44. The molecular weight excluding hydrogens is 336 g/mol. The van der Waals surface area contributed by atoms with Crippen LogP contribution in [-0.4, -0.2) is 26.5 Å². The van der Waals surface area contributed by atoms with E-state index in [1.807, 2.05) is 30.3 Å². The van der Waals surface area contributed by atoms with E-state index in [2.05, 4.69) is 53.1 Å². The van der Waals surface area contributed by atoms with Crippen molar-refractivity contribution in [3.63, 3.8) is 0 Å². The summed E-state index contributed by atoms with van der Waals surface area (Å²) in [6, 6.07) is 14.1. The van der Waals surface area contributed by atoms with Gasteiger partial charge in [-0.1, -0.05) is 35.9 Å². The highest BCUT2D eigenvalue weighted by molar-refractivity contribution is 6.02. The molecule has 2 aromatic carbocycles. The van der Waals surface area contributed by atoms with Crippen LogP contribution in [0.15, 0.2) is 47.5 Å². The van der Waals surface area contributed by atoms with Crippen molar-refractivity contribution in [2.75, 3.05) is 0 Å². The van der Waals surface area contributed by atoms with Gasteiger partial charge in [-0.3, -0.25) is 5.10 Å². The van der Waals surface area contributed by atoms with Gasteiger partial charge < -0.3 is 10.1 Å².